The highest BCUT2D eigenvalue weighted by Crippen LogP contribution is 2.39. The smallest absolute Gasteiger partial charge is 0.232 e. The first-order valence-corrected chi connectivity index (χ1v) is 8.97. The Morgan fingerprint density at radius 2 is 1.96 bits per heavy atom. The average Bonchev–Trinajstić information content (AvgIpc) is 3.47. The summed E-state index contributed by atoms with van der Waals surface area (Å²) in [4.78, 5) is 15.4. The van der Waals surface area contributed by atoms with Gasteiger partial charge in [0.2, 0.25) is 5.88 Å². The minimum Gasteiger partial charge on any atom is -0.476 e. The highest BCUT2D eigenvalue weighted by Gasteiger charge is 2.27. The summed E-state index contributed by atoms with van der Waals surface area (Å²) in [6.45, 7) is 2.68. The molecule has 1 saturated heterocycles. The van der Waals surface area contributed by atoms with Crippen LogP contribution < -0.4 is 9.64 Å². The van der Waals surface area contributed by atoms with E-state index in [0.717, 1.165) is 31.7 Å². The molecule has 0 aromatic carbocycles. The van der Waals surface area contributed by atoms with Crippen molar-refractivity contribution in [3.63, 3.8) is 0 Å². The lowest BCUT2D eigenvalue weighted by Crippen LogP contribution is -2.36. The van der Waals surface area contributed by atoms with Crippen molar-refractivity contribution in [3.05, 3.63) is 41.4 Å². The lowest BCUT2D eigenvalue weighted by molar-refractivity contribution is 0.216. The van der Waals surface area contributed by atoms with Gasteiger partial charge in [-0.1, -0.05) is 11.6 Å². The maximum atomic E-state index is 6.08. The third kappa shape index (κ3) is 3.61. The summed E-state index contributed by atoms with van der Waals surface area (Å²) >= 11 is 6.08. The van der Waals surface area contributed by atoms with Crippen LogP contribution in [0.5, 0.6) is 5.88 Å². The van der Waals surface area contributed by atoms with E-state index in [1.54, 1.807) is 18.6 Å². The number of nitrogens with zero attached hydrogens (tertiary/aromatic N) is 4. The number of halogens is 1. The van der Waals surface area contributed by atoms with E-state index in [1.165, 1.54) is 18.5 Å². The van der Waals surface area contributed by atoms with Crippen molar-refractivity contribution in [2.45, 2.75) is 31.6 Å². The largest absolute Gasteiger partial charge is 0.476 e. The second-order valence-electron chi connectivity index (χ2n) is 6.61. The summed E-state index contributed by atoms with van der Waals surface area (Å²) in [5.41, 5.74) is 1.20. The van der Waals surface area contributed by atoms with Gasteiger partial charge in [0, 0.05) is 37.0 Å². The molecule has 24 heavy (non-hydrogen) atoms. The minimum atomic E-state index is 0.532. The average molecular weight is 345 g/mol. The van der Waals surface area contributed by atoms with Gasteiger partial charge in [-0.05, 0) is 43.7 Å². The predicted molar refractivity (Wildman–Crippen MR) is 93.7 cm³/mol. The zero-order chi connectivity index (χ0) is 16.4. The highest BCUT2D eigenvalue weighted by molar-refractivity contribution is 6.31. The van der Waals surface area contributed by atoms with E-state index in [1.807, 2.05) is 6.07 Å². The number of hydrogen-bond donors (Lipinski definition) is 0. The standard InChI is InChI=1S/C18H21ClN4O/c19-15-2-1-7-20-18(15)24-11-13-5-8-23(9-6-13)17-10-16(14-3-4-14)21-12-22-17/h1-2,7,10,12-14H,3-6,8-9,11H2. The second kappa shape index (κ2) is 6.93. The molecule has 0 spiro atoms. The molecule has 5 nitrogen and oxygen atoms in total. The fraction of sp³-hybridized carbons (Fsp3) is 0.500. The number of rotatable bonds is 5. The SMILES string of the molecule is Clc1cccnc1OCC1CCN(c2cc(C3CC3)ncn2)CC1. The lowest BCUT2D eigenvalue weighted by atomic mass is 9.98. The number of aromatic nitrogens is 3. The first-order valence-electron chi connectivity index (χ1n) is 8.60. The van der Waals surface area contributed by atoms with Crippen molar-refractivity contribution in [2.24, 2.45) is 5.92 Å². The van der Waals surface area contributed by atoms with Gasteiger partial charge in [-0.3, -0.25) is 0 Å². The van der Waals surface area contributed by atoms with Gasteiger partial charge in [-0.25, -0.2) is 15.0 Å². The Labute approximate surface area is 147 Å². The fourth-order valence-electron chi connectivity index (χ4n) is 3.14. The summed E-state index contributed by atoms with van der Waals surface area (Å²) in [6.07, 6.45) is 8.13. The van der Waals surface area contributed by atoms with E-state index in [9.17, 15) is 0 Å². The molecule has 3 heterocycles. The van der Waals surface area contributed by atoms with E-state index < -0.39 is 0 Å². The number of pyridine rings is 1. The van der Waals surface area contributed by atoms with Gasteiger partial charge in [-0.2, -0.15) is 0 Å². The Hall–Kier alpha value is -1.88. The Bertz CT molecular complexity index is 699. The number of anilines is 1. The van der Waals surface area contributed by atoms with Crippen LogP contribution in [0.1, 0.15) is 37.3 Å². The van der Waals surface area contributed by atoms with Gasteiger partial charge < -0.3 is 9.64 Å². The summed E-state index contributed by atoms with van der Waals surface area (Å²) in [7, 11) is 0. The van der Waals surface area contributed by atoms with Gasteiger partial charge >= 0.3 is 0 Å². The molecule has 1 aliphatic heterocycles. The molecular formula is C18H21ClN4O. The second-order valence-corrected chi connectivity index (χ2v) is 7.01. The Morgan fingerprint density at radius 3 is 2.71 bits per heavy atom. The molecule has 2 aliphatic rings. The maximum absolute atomic E-state index is 6.08. The van der Waals surface area contributed by atoms with Crippen LogP contribution in [0.3, 0.4) is 0 Å². The van der Waals surface area contributed by atoms with Crippen LogP contribution in [0.4, 0.5) is 5.82 Å². The van der Waals surface area contributed by atoms with Gasteiger partial charge in [0.05, 0.1) is 6.61 Å². The first kappa shape index (κ1) is 15.6. The minimum absolute atomic E-state index is 0.532. The molecule has 2 aromatic rings. The molecule has 0 unspecified atom stereocenters. The molecule has 0 atom stereocenters. The molecule has 4 rings (SSSR count). The molecule has 1 saturated carbocycles. The van der Waals surface area contributed by atoms with Gasteiger partial charge in [0.25, 0.3) is 0 Å². The Morgan fingerprint density at radius 1 is 1.12 bits per heavy atom. The monoisotopic (exact) mass is 344 g/mol. The number of hydrogen-bond acceptors (Lipinski definition) is 5. The van der Waals surface area contributed by atoms with E-state index in [0.29, 0.717) is 29.3 Å². The van der Waals surface area contributed by atoms with Crippen molar-refractivity contribution < 1.29 is 4.74 Å². The lowest BCUT2D eigenvalue weighted by Gasteiger charge is -2.32. The van der Waals surface area contributed by atoms with Crippen LogP contribution >= 0.6 is 11.6 Å². The molecule has 1 aliphatic carbocycles. The summed E-state index contributed by atoms with van der Waals surface area (Å²) in [5.74, 6) is 2.80. The molecule has 0 bridgehead atoms. The number of piperidine rings is 1. The van der Waals surface area contributed by atoms with Gasteiger partial charge in [-0.15, -0.1) is 0 Å². The molecule has 0 N–H and O–H groups in total. The summed E-state index contributed by atoms with van der Waals surface area (Å²) in [5, 5.41) is 0.573. The molecule has 126 valence electrons. The van der Waals surface area contributed by atoms with Crippen LogP contribution in [-0.4, -0.2) is 34.6 Å². The van der Waals surface area contributed by atoms with Crippen LogP contribution in [-0.2, 0) is 0 Å². The molecule has 0 radical (unpaired) electrons. The van der Waals surface area contributed by atoms with E-state index in [4.69, 9.17) is 16.3 Å². The van der Waals surface area contributed by atoms with Crippen LogP contribution in [0, 0.1) is 5.92 Å². The predicted octanol–water partition coefficient (Wildman–Crippen LogP) is 3.70. The first-order chi connectivity index (χ1) is 11.8. The molecule has 0 amide bonds. The van der Waals surface area contributed by atoms with Gasteiger partial charge in [0.1, 0.15) is 17.2 Å². The molecule has 6 heteroatoms. The van der Waals surface area contributed by atoms with Crippen LogP contribution in [0.15, 0.2) is 30.7 Å². The maximum Gasteiger partial charge on any atom is 0.232 e. The van der Waals surface area contributed by atoms with Crippen LogP contribution in [0.25, 0.3) is 0 Å². The van der Waals surface area contributed by atoms with Crippen molar-refractivity contribution in [2.75, 3.05) is 24.6 Å². The van der Waals surface area contributed by atoms with E-state index in [2.05, 4.69) is 25.9 Å². The highest BCUT2D eigenvalue weighted by atomic mass is 35.5. The third-order valence-corrected chi connectivity index (χ3v) is 5.08. The topological polar surface area (TPSA) is 51.1 Å². The van der Waals surface area contributed by atoms with Crippen molar-refractivity contribution in [3.8, 4) is 5.88 Å². The molecular weight excluding hydrogens is 324 g/mol. The zero-order valence-electron chi connectivity index (χ0n) is 13.6. The fourth-order valence-corrected chi connectivity index (χ4v) is 3.32. The van der Waals surface area contributed by atoms with E-state index >= 15 is 0 Å². The molecule has 2 fully saturated rings. The van der Waals surface area contributed by atoms with Crippen LogP contribution in [0.2, 0.25) is 5.02 Å². The van der Waals surface area contributed by atoms with Crippen molar-refractivity contribution in [1.29, 1.82) is 0 Å². The van der Waals surface area contributed by atoms with Gasteiger partial charge in [0.15, 0.2) is 0 Å². The van der Waals surface area contributed by atoms with Crippen molar-refractivity contribution >= 4 is 17.4 Å². The Kier molecular flexibility index (Phi) is 4.52. The third-order valence-electron chi connectivity index (χ3n) is 4.79. The zero-order valence-corrected chi connectivity index (χ0v) is 14.3. The van der Waals surface area contributed by atoms with Crippen molar-refractivity contribution in [1.82, 2.24) is 15.0 Å². The summed E-state index contributed by atoms with van der Waals surface area (Å²) < 4.78 is 5.79. The Balaban J connectivity index is 1.30. The van der Waals surface area contributed by atoms with E-state index in [-0.39, 0.29) is 0 Å². The molecule has 2 aromatic heterocycles. The quantitative estimate of drug-likeness (QED) is 0.827. The summed E-state index contributed by atoms with van der Waals surface area (Å²) in [6, 6.07) is 5.78. The number of ether oxygens (including phenoxy) is 1. The normalized spacial score (nSPS) is 18.6.